The number of carbonyl (C=O) groups is 4. The van der Waals surface area contributed by atoms with Gasteiger partial charge in [-0.15, -0.1) is 0 Å². The summed E-state index contributed by atoms with van der Waals surface area (Å²) in [6.07, 6.45) is 22.1. The van der Waals surface area contributed by atoms with Crippen molar-refractivity contribution in [2.75, 3.05) is 6.54 Å². The minimum absolute atomic E-state index is 0.0149. The number of fused-ring (bicyclic) bond motifs is 2. The molecule has 0 spiro atoms. The molecule has 3 aliphatic rings. The van der Waals surface area contributed by atoms with Gasteiger partial charge in [-0.05, 0) is 74.0 Å². The highest BCUT2D eigenvalue weighted by Crippen LogP contribution is 2.58. The van der Waals surface area contributed by atoms with E-state index < -0.39 is 4.75 Å². The lowest BCUT2D eigenvalue weighted by molar-refractivity contribution is -0.142. The topological polar surface area (TPSA) is 83.6 Å². The van der Waals surface area contributed by atoms with Crippen molar-refractivity contribution in [2.24, 2.45) is 16.7 Å². The second-order valence-electron chi connectivity index (χ2n) is 13.2. The number of thioether (sulfide) groups is 1. The minimum Gasteiger partial charge on any atom is -0.286 e. The monoisotopic (exact) mass is 562 g/mol. The summed E-state index contributed by atoms with van der Waals surface area (Å²) in [4.78, 5) is 51.9. The summed E-state index contributed by atoms with van der Waals surface area (Å²) >= 11 is 1.20. The third kappa shape index (κ3) is 8.33. The van der Waals surface area contributed by atoms with Gasteiger partial charge in [0.25, 0.3) is 5.24 Å². The van der Waals surface area contributed by atoms with E-state index in [0.29, 0.717) is 6.54 Å². The Kier molecular flexibility index (Phi) is 12.0. The molecule has 7 heteroatoms. The average Bonchev–Trinajstić information content (AvgIpc) is 3.11. The maximum absolute atomic E-state index is 13.3. The molecule has 1 heterocycles. The van der Waals surface area contributed by atoms with Gasteiger partial charge in [0.1, 0.15) is 4.75 Å². The van der Waals surface area contributed by atoms with Crippen molar-refractivity contribution in [3.8, 4) is 0 Å². The SMILES string of the molecule is CC(=O)N(CCC12CCCCCCCCCC(C(C)C3(C)SC(=O)NC3=O)(CCCCCCCC1)C2)C(C)=O. The fourth-order valence-corrected chi connectivity index (χ4v) is 9.16. The van der Waals surface area contributed by atoms with Gasteiger partial charge in [0, 0.05) is 20.4 Å². The van der Waals surface area contributed by atoms with Gasteiger partial charge in [0.05, 0.1) is 0 Å². The maximum atomic E-state index is 13.3. The van der Waals surface area contributed by atoms with Crippen LogP contribution in [0.5, 0.6) is 0 Å². The molecule has 222 valence electrons. The van der Waals surface area contributed by atoms with E-state index in [1.807, 2.05) is 6.92 Å². The average molecular weight is 563 g/mol. The van der Waals surface area contributed by atoms with Crippen LogP contribution in [0.2, 0.25) is 0 Å². The Morgan fingerprint density at radius 2 is 1.23 bits per heavy atom. The van der Waals surface area contributed by atoms with Crippen LogP contribution in [0, 0.1) is 16.7 Å². The highest BCUT2D eigenvalue weighted by molar-refractivity contribution is 8.16. The molecule has 4 amide bonds. The van der Waals surface area contributed by atoms with E-state index in [1.54, 1.807) is 0 Å². The zero-order valence-corrected chi connectivity index (χ0v) is 26.0. The molecule has 0 aromatic rings. The van der Waals surface area contributed by atoms with Crippen molar-refractivity contribution in [2.45, 2.75) is 154 Å². The Hall–Kier alpha value is -1.37. The van der Waals surface area contributed by atoms with Crippen LogP contribution in [0.4, 0.5) is 4.79 Å². The van der Waals surface area contributed by atoms with Gasteiger partial charge < -0.3 is 0 Å². The zero-order valence-electron chi connectivity index (χ0n) is 25.2. The Morgan fingerprint density at radius 1 is 0.795 bits per heavy atom. The van der Waals surface area contributed by atoms with E-state index in [0.717, 1.165) is 51.4 Å². The molecule has 0 radical (unpaired) electrons. The number of hydrogen-bond acceptors (Lipinski definition) is 5. The predicted molar refractivity (Wildman–Crippen MR) is 159 cm³/mol. The number of carbonyl (C=O) groups excluding carboxylic acids is 4. The van der Waals surface area contributed by atoms with Crippen molar-refractivity contribution in [1.82, 2.24) is 10.2 Å². The molecule has 3 rings (SSSR count). The summed E-state index contributed by atoms with van der Waals surface area (Å²) < 4.78 is -0.773. The normalized spacial score (nSPS) is 32.6. The summed E-state index contributed by atoms with van der Waals surface area (Å²) in [6, 6.07) is 0. The van der Waals surface area contributed by atoms with Crippen LogP contribution in [0.3, 0.4) is 0 Å². The van der Waals surface area contributed by atoms with Gasteiger partial charge in [0.15, 0.2) is 0 Å². The van der Waals surface area contributed by atoms with Crippen LogP contribution in [0.1, 0.15) is 150 Å². The number of amides is 4. The number of nitrogens with one attached hydrogen (secondary N) is 1. The van der Waals surface area contributed by atoms with Crippen molar-refractivity contribution < 1.29 is 19.2 Å². The largest absolute Gasteiger partial charge is 0.286 e. The molecular weight excluding hydrogens is 508 g/mol. The maximum Gasteiger partial charge on any atom is 0.286 e. The lowest BCUT2D eigenvalue weighted by atomic mass is 9.55. The minimum atomic E-state index is -0.773. The molecular formula is C32H54N2O4S. The summed E-state index contributed by atoms with van der Waals surface area (Å²) in [5.41, 5.74) is -0.0500. The van der Waals surface area contributed by atoms with Crippen LogP contribution in [-0.2, 0) is 14.4 Å². The predicted octanol–water partition coefficient (Wildman–Crippen LogP) is 8.17. The van der Waals surface area contributed by atoms with Crippen molar-refractivity contribution in [3.63, 3.8) is 0 Å². The van der Waals surface area contributed by atoms with Gasteiger partial charge >= 0.3 is 0 Å². The van der Waals surface area contributed by atoms with Crippen LogP contribution in [-0.4, -0.2) is 39.2 Å². The number of nitrogens with zero attached hydrogens (tertiary/aromatic N) is 1. The summed E-state index contributed by atoms with van der Waals surface area (Å²) in [5, 5.41) is 2.38. The molecule has 4 unspecified atom stereocenters. The molecule has 3 fully saturated rings. The molecule has 2 bridgehead atoms. The molecule has 4 atom stereocenters. The highest BCUT2D eigenvalue weighted by atomic mass is 32.2. The fourth-order valence-electron chi connectivity index (χ4n) is 8.06. The lowest BCUT2D eigenvalue weighted by Gasteiger charge is -2.51. The van der Waals surface area contributed by atoms with E-state index in [9.17, 15) is 19.2 Å². The number of hydrogen-bond donors (Lipinski definition) is 1. The molecule has 0 aromatic heterocycles. The van der Waals surface area contributed by atoms with Crippen molar-refractivity contribution >= 4 is 34.7 Å². The van der Waals surface area contributed by atoms with E-state index in [-0.39, 0.29) is 39.7 Å². The molecule has 1 N–H and O–H groups in total. The Labute approximate surface area is 241 Å². The van der Waals surface area contributed by atoms with E-state index >= 15 is 0 Å². The molecule has 0 aromatic carbocycles. The number of rotatable bonds is 5. The van der Waals surface area contributed by atoms with Crippen molar-refractivity contribution in [1.29, 1.82) is 0 Å². The van der Waals surface area contributed by atoms with Gasteiger partial charge in [-0.3, -0.25) is 29.4 Å². The Morgan fingerprint density at radius 3 is 1.64 bits per heavy atom. The van der Waals surface area contributed by atoms with Crippen LogP contribution >= 0.6 is 11.8 Å². The third-order valence-corrected chi connectivity index (χ3v) is 11.8. The zero-order chi connectivity index (χ0) is 28.5. The van der Waals surface area contributed by atoms with Gasteiger partial charge in [-0.1, -0.05) is 90.4 Å². The first-order chi connectivity index (χ1) is 18.5. The summed E-state index contributed by atoms with van der Waals surface area (Å²) in [7, 11) is 0. The first kappa shape index (κ1) is 32.1. The molecule has 39 heavy (non-hydrogen) atoms. The first-order valence-electron chi connectivity index (χ1n) is 15.9. The number of imide groups is 2. The smallest absolute Gasteiger partial charge is 0.286 e. The first-order valence-corrected chi connectivity index (χ1v) is 16.7. The van der Waals surface area contributed by atoms with Crippen LogP contribution in [0.15, 0.2) is 0 Å². The van der Waals surface area contributed by atoms with E-state index in [4.69, 9.17) is 0 Å². The van der Waals surface area contributed by atoms with Gasteiger partial charge in [-0.25, -0.2) is 0 Å². The second kappa shape index (κ2) is 14.5. The van der Waals surface area contributed by atoms with Crippen LogP contribution in [0.25, 0.3) is 0 Å². The highest BCUT2D eigenvalue weighted by Gasteiger charge is 2.56. The Bertz CT molecular complexity index is 864. The van der Waals surface area contributed by atoms with E-state index in [1.165, 1.54) is 101 Å². The fraction of sp³-hybridized carbons (Fsp3) is 0.875. The molecule has 2 saturated carbocycles. The molecule has 2 aliphatic carbocycles. The molecule has 1 saturated heterocycles. The van der Waals surface area contributed by atoms with Crippen LogP contribution < -0.4 is 5.32 Å². The quantitative estimate of drug-likeness (QED) is 0.365. The van der Waals surface area contributed by atoms with Gasteiger partial charge in [0.2, 0.25) is 17.7 Å². The third-order valence-electron chi connectivity index (χ3n) is 10.6. The standard InChI is InChI=1S/C32H54N2O4S/c1-25(30(4)28(37)33-29(38)39-30)32-20-16-12-7-5-6-10-14-18-31(24-32,19-15-11-8-9-13-17-21-32)22-23-34(26(2)35)27(3)36/h25H,5-24H2,1-4H3,(H,33,37,38). The summed E-state index contributed by atoms with van der Waals surface area (Å²) in [6.45, 7) is 7.71. The van der Waals surface area contributed by atoms with E-state index in [2.05, 4.69) is 12.2 Å². The second-order valence-corrected chi connectivity index (χ2v) is 14.7. The molecule has 1 aliphatic heterocycles. The van der Waals surface area contributed by atoms with Crippen molar-refractivity contribution in [3.05, 3.63) is 0 Å². The molecule has 6 nitrogen and oxygen atoms in total. The lowest BCUT2D eigenvalue weighted by Crippen LogP contribution is -2.50. The van der Waals surface area contributed by atoms with Gasteiger partial charge in [-0.2, -0.15) is 0 Å². The Balaban J connectivity index is 2.08. The summed E-state index contributed by atoms with van der Waals surface area (Å²) in [5.74, 6) is -0.437.